The first kappa shape index (κ1) is 17.2. The van der Waals surface area contributed by atoms with Gasteiger partial charge in [-0.05, 0) is 65.7 Å². The summed E-state index contributed by atoms with van der Waals surface area (Å²) in [5.41, 5.74) is 8.26. The van der Waals surface area contributed by atoms with Gasteiger partial charge >= 0.3 is 0 Å². The van der Waals surface area contributed by atoms with Crippen molar-refractivity contribution in [2.24, 2.45) is 0 Å². The van der Waals surface area contributed by atoms with Gasteiger partial charge in [0, 0.05) is 27.4 Å². The van der Waals surface area contributed by atoms with E-state index in [1.54, 1.807) is 0 Å². The zero-order valence-electron chi connectivity index (χ0n) is 17.3. The summed E-state index contributed by atoms with van der Waals surface area (Å²) in [6, 6.07) is 42.9. The lowest BCUT2D eigenvalue weighted by molar-refractivity contribution is 1.18. The molecule has 0 saturated heterocycles. The van der Waals surface area contributed by atoms with Crippen molar-refractivity contribution in [3.63, 3.8) is 0 Å². The van der Waals surface area contributed by atoms with E-state index in [0.717, 1.165) is 16.4 Å². The minimum Gasteiger partial charge on any atom is -0.354 e. The summed E-state index contributed by atoms with van der Waals surface area (Å²) in [7, 11) is 0. The van der Waals surface area contributed by atoms with Crippen LogP contribution >= 0.6 is 0 Å². The van der Waals surface area contributed by atoms with Gasteiger partial charge in [-0.1, -0.05) is 60.7 Å². The van der Waals surface area contributed by atoms with Crippen LogP contribution in [0.1, 0.15) is 0 Å². The topological polar surface area (TPSA) is 20.7 Å². The number of aromatic amines is 1. The van der Waals surface area contributed by atoms with Crippen LogP contribution in [0.3, 0.4) is 0 Å². The number of nitrogens with one attached hydrogen (secondary N) is 1. The van der Waals surface area contributed by atoms with Crippen molar-refractivity contribution in [3.05, 3.63) is 115 Å². The molecular formula is C30H18N2. The molecule has 0 saturated carbocycles. The number of aromatic nitrogens is 2. The minimum atomic E-state index is 1.09. The standard InChI is InChI=1S/C30H18N2/c1-2-8-22(9-3-1)32-29-13-7-5-11-24(29)26-19-21(15-17-30(26)32)20-14-16-28-25(18-20)23-10-4-6-12-27(23)31-28/h1-3,5-9,11-19,31H. The molecule has 5 aromatic carbocycles. The highest BCUT2D eigenvalue weighted by atomic mass is 15.0. The van der Waals surface area contributed by atoms with Crippen molar-refractivity contribution in [1.29, 1.82) is 0 Å². The fourth-order valence-corrected chi connectivity index (χ4v) is 4.90. The van der Waals surface area contributed by atoms with E-state index < -0.39 is 0 Å². The Labute approximate surface area is 185 Å². The number of fused-ring (bicyclic) bond motifs is 6. The lowest BCUT2D eigenvalue weighted by Crippen LogP contribution is -1.92. The Kier molecular flexibility index (Phi) is 3.50. The fraction of sp³-hybridized carbons (Fsp3) is 0. The van der Waals surface area contributed by atoms with Crippen LogP contribution < -0.4 is 0 Å². The molecule has 0 aliphatic rings. The smallest absolute Gasteiger partial charge is 0.0577 e. The largest absolute Gasteiger partial charge is 0.354 e. The van der Waals surface area contributed by atoms with Gasteiger partial charge in [0.2, 0.25) is 0 Å². The highest BCUT2D eigenvalue weighted by molar-refractivity contribution is 6.11. The molecule has 0 unspecified atom stereocenters. The Morgan fingerprint density at radius 1 is 0.594 bits per heavy atom. The van der Waals surface area contributed by atoms with Gasteiger partial charge in [-0.2, -0.15) is 0 Å². The monoisotopic (exact) mass is 406 g/mol. The van der Waals surface area contributed by atoms with Crippen LogP contribution in [0, 0.1) is 12.1 Å². The SMILES string of the molecule is c1ccc2[nH]c3ccc(-c4ccc5c(c4)c4ccccc4n5-c4ccccc4)cc3c2c#1. The minimum absolute atomic E-state index is 1.09. The first-order valence-electron chi connectivity index (χ1n) is 10.8. The molecule has 0 spiro atoms. The normalized spacial score (nSPS) is 11.5. The van der Waals surface area contributed by atoms with Crippen molar-refractivity contribution >= 4 is 43.6 Å². The summed E-state index contributed by atoms with van der Waals surface area (Å²) in [5.74, 6) is 0. The second-order valence-corrected chi connectivity index (χ2v) is 8.20. The average Bonchev–Trinajstić information content (AvgIpc) is 3.39. The van der Waals surface area contributed by atoms with Crippen molar-refractivity contribution in [3.8, 4) is 16.8 Å². The van der Waals surface area contributed by atoms with Gasteiger partial charge in [0.05, 0.1) is 21.9 Å². The summed E-state index contributed by atoms with van der Waals surface area (Å²) in [4.78, 5) is 3.48. The maximum Gasteiger partial charge on any atom is 0.0577 e. The number of hydrogen-bond acceptors (Lipinski definition) is 0. The Morgan fingerprint density at radius 2 is 1.34 bits per heavy atom. The van der Waals surface area contributed by atoms with Crippen LogP contribution in [-0.2, 0) is 0 Å². The molecule has 0 aliphatic carbocycles. The third kappa shape index (κ3) is 2.43. The molecule has 7 aromatic rings. The molecule has 148 valence electrons. The summed E-state index contributed by atoms with van der Waals surface area (Å²) in [6.07, 6.45) is 0. The Hall–Kier alpha value is -4.48. The lowest BCUT2D eigenvalue weighted by atomic mass is 10.0. The van der Waals surface area contributed by atoms with Crippen LogP contribution in [0.4, 0.5) is 0 Å². The van der Waals surface area contributed by atoms with E-state index in [-0.39, 0.29) is 0 Å². The molecule has 1 N–H and O–H groups in total. The van der Waals surface area contributed by atoms with Gasteiger partial charge in [0.1, 0.15) is 0 Å². The molecule has 2 aromatic heterocycles. The number of benzene rings is 4. The zero-order chi connectivity index (χ0) is 21.1. The van der Waals surface area contributed by atoms with Gasteiger partial charge in [-0.3, -0.25) is 0 Å². The van der Waals surface area contributed by atoms with Crippen molar-refractivity contribution in [2.75, 3.05) is 0 Å². The van der Waals surface area contributed by atoms with Gasteiger partial charge in [-0.15, -0.1) is 0 Å². The van der Waals surface area contributed by atoms with Crippen LogP contribution in [-0.4, -0.2) is 9.55 Å². The summed E-state index contributed by atoms with van der Waals surface area (Å²) < 4.78 is 2.35. The van der Waals surface area contributed by atoms with Gasteiger partial charge in [0.15, 0.2) is 0 Å². The number of nitrogens with zero attached hydrogens (tertiary/aromatic N) is 1. The quantitative estimate of drug-likeness (QED) is 0.304. The van der Waals surface area contributed by atoms with E-state index in [4.69, 9.17) is 0 Å². The summed E-state index contributed by atoms with van der Waals surface area (Å²) in [6.45, 7) is 0. The third-order valence-electron chi connectivity index (χ3n) is 6.38. The highest BCUT2D eigenvalue weighted by Gasteiger charge is 2.13. The second-order valence-electron chi connectivity index (χ2n) is 8.20. The molecular weight excluding hydrogens is 388 g/mol. The van der Waals surface area contributed by atoms with E-state index in [1.807, 2.05) is 6.07 Å². The molecule has 0 radical (unpaired) electrons. The van der Waals surface area contributed by atoms with Crippen LogP contribution in [0.2, 0.25) is 0 Å². The number of H-pyrrole nitrogens is 1. The zero-order valence-corrected chi connectivity index (χ0v) is 17.3. The third-order valence-corrected chi connectivity index (χ3v) is 6.38. The van der Waals surface area contributed by atoms with E-state index in [0.29, 0.717) is 0 Å². The molecule has 2 nitrogen and oxygen atoms in total. The fourth-order valence-electron chi connectivity index (χ4n) is 4.90. The van der Waals surface area contributed by atoms with E-state index in [2.05, 4.69) is 119 Å². The molecule has 0 atom stereocenters. The predicted octanol–water partition coefficient (Wildman–Crippen LogP) is 7.69. The van der Waals surface area contributed by atoms with Crippen molar-refractivity contribution in [2.45, 2.75) is 0 Å². The van der Waals surface area contributed by atoms with E-state index in [1.165, 1.54) is 44.0 Å². The first-order valence-corrected chi connectivity index (χ1v) is 10.8. The number of para-hydroxylation sites is 2. The molecule has 2 heterocycles. The Balaban J connectivity index is 1.49. The molecule has 32 heavy (non-hydrogen) atoms. The first-order chi connectivity index (χ1) is 15.9. The van der Waals surface area contributed by atoms with Crippen LogP contribution in [0.25, 0.3) is 60.4 Å². The molecule has 2 heteroatoms. The number of hydrogen-bond donors (Lipinski definition) is 1. The summed E-state index contributed by atoms with van der Waals surface area (Å²) >= 11 is 0. The predicted molar refractivity (Wildman–Crippen MR) is 133 cm³/mol. The highest BCUT2D eigenvalue weighted by Crippen LogP contribution is 2.36. The molecule has 0 aliphatic heterocycles. The summed E-state index contributed by atoms with van der Waals surface area (Å²) in [5, 5.41) is 4.80. The number of rotatable bonds is 2. The maximum atomic E-state index is 3.48. The second kappa shape index (κ2) is 6.51. The Morgan fingerprint density at radius 3 is 2.25 bits per heavy atom. The van der Waals surface area contributed by atoms with Crippen LogP contribution in [0.5, 0.6) is 0 Å². The Bertz CT molecular complexity index is 1770. The van der Waals surface area contributed by atoms with Gasteiger partial charge < -0.3 is 9.55 Å². The van der Waals surface area contributed by atoms with E-state index in [9.17, 15) is 0 Å². The van der Waals surface area contributed by atoms with Crippen molar-refractivity contribution < 1.29 is 0 Å². The van der Waals surface area contributed by atoms with Gasteiger partial charge in [-0.25, -0.2) is 0 Å². The molecule has 0 bridgehead atoms. The molecule has 7 rings (SSSR count). The lowest BCUT2D eigenvalue weighted by Gasteiger charge is -2.08. The average molecular weight is 406 g/mol. The van der Waals surface area contributed by atoms with Crippen LogP contribution in [0.15, 0.2) is 103 Å². The van der Waals surface area contributed by atoms with Crippen molar-refractivity contribution in [1.82, 2.24) is 9.55 Å². The molecule has 0 amide bonds. The van der Waals surface area contributed by atoms with Gasteiger partial charge in [0.25, 0.3) is 0 Å². The molecule has 0 fully saturated rings. The van der Waals surface area contributed by atoms with E-state index >= 15 is 0 Å². The maximum absolute atomic E-state index is 3.48.